The second kappa shape index (κ2) is 9.32. The zero-order chi connectivity index (χ0) is 20.8. The third-order valence-electron chi connectivity index (χ3n) is 4.31. The fourth-order valence-electron chi connectivity index (χ4n) is 2.79. The third-order valence-corrected chi connectivity index (χ3v) is 5.12. The first-order valence-electron chi connectivity index (χ1n) is 9.10. The number of carbonyl (C=O) groups is 3. The van der Waals surface area contributed by atoms with E-state index in [0.717, 1.165) is 0 Å². The summed E-state index contributed by atoms with van der Waals surface area (Å²) < 4.78 is 4.97. The van der Waals surface area contributed by atoms with Crippen LogP contribution in [-0.2, 0) is 16.0 Å². The highest BCUT2D eigenvalue weighted by Crippen LogP contribution is 2.17. The van der Waals surface area contributed by atoms with Crippen LogP contribution in [0, 0.1) is 0 Å². The van der Waals surface area contributed by atoms with Crippen LogP contribution in [0.3, 0.4) is 0 Å². The normalized spacial score (nSPS) is 13.8. The first-order valence-corrected chi connectivity index (χ1v) is 9.98. The lowest BCUT2D eigenvalue weighted by molar-refractivity contribution is -0.132. The van der Waals surface area contributed by atoms with Gasteiger partial charge in [-0.1, -0.05) is 0 Å². The van der Waals surface area contributed by atoms with Crippen LogP contribution >= 0.6 is 11.3 Å². The Balaban J connectivity index is 1.50. The minimum Gasteiger partial charge on any atom is -0.450 e. The van der Waals surface area contributed by atoms with Gasteiger partial charge in [-0.15, -0.1) is 11.3 Å². The zero-order valence-corrected chi connectivity index (χ0v) is 16.7. The summed E-state index contributed by atoms with van der Waals surface area (Å²) in [4.78, 5) is 57.4. The Hall–Kier alpha value is -3.21. The first kappa shape index (κ1) is 20.5. The van der Waals surface area contributed by atoms with Gasteiger partial charge in [0.05, 0.1) is 24.3 Å². The number of anilines is 1. The largest absolute Gasteiger partial charge is 0.450 e. The van der Waals surface area contributed by atoms with Gasteiger partial charge in [-0.3, -0.25) is 19.7 Å². The zero-order valence-electron chi connectivity index (χ0n) is 15.8. The van der Waals surface area contributed by atoms with E-state index < -0.39 is 5.91 Å². The molecule has 0 atom stereocenters. The average Bonchev–Trinajstić information content (AvgIpc) is 3.15. The molecule has 2 aromatic rings. The van der Waals surface area contributed by atoms with E-state index in [0.29, 0.717) is 49.2 Å². The summed E-state index contributed by atoms with van der Waals surface area (Å²) >= 11 is 1.22. The lowest BCUT2D eigenvalue weighted by Gasteiger charge is -2.34. The third kappa shape index (κ3) is 5.41. The number of ether oxygens (including phenoxy) is 1. The highest BCUT2D eigenvalue weighted by Gasteiger charge is 2.25. The van der Waals surface area contributed by atoms with Crippen LogP contribution in [0.15, 0.2) is 28.5 Å². The minimum atomic E-state index is -0.399. The minimum absolute atomic E-state index is 0.0858. The van der Waals surface area contributed by atoms with Crippen molar-refractivity contribution in [2.24, 2.45) is 0 Å². The van der Waals surface area contributed by atoms with E-state index in [1.165, 1.54) is 29.7 Å². The Morgan fingerprint density at radius 2 is 1.93 bits per heavy atom. The van der Waals surface area contributed by atoms with Gasteiger partial charge in [0.25, 0.3) is 5.91 Å². The van der Waals surface area contributed by atoms with Crippen molar-refractivity contribution < 1.29 is 19.1 Å². The van der Waals surface area contributed by atoms with Gasteiger partial charge in [-0.2, -0.15) is 0 Å². The summed E-state index contributed by atoms with van der Waals surface area (Å²) in [7, 11) is 0. The molecule has 1 aliphatic rings. The monoisotopic (exact) mass is 419 g/mol. The Bertz CT molecular complexity index is 928. The summed E-state index contributed by atoms with van der Waals surface area (Å²) in [6.45, 7) is 3.82. The van der Waals surface area contributed by atoms with Crippen molar-refractivity contribution in [3.63, 3.8) is 0 Å². The summed E-state index contributed by atoms with van der Waals surface area (Å²) in [5.41, 5.74) is 0.571. The van der Waals surface area contributed by atoms with E-state index >= 15 is 0 Å². The number of hydrogen-bond acceptors (Lipinski definition) is 7. The second-order valence-corrected chi connectivity index (χ2v) is 7.14. The van der Waals surface area contributed by atoms with Crippen LogP contribution in [0.2, 0.25) is 0 Å². The number of hydrogen-bond donors (Lipinski definition) is 2. The van der Waals surface area contributed by atoms with Crippen molar-refractivity contribution in [1.29, 1.82) is 0 Å². The number of H-pyrrole nitrogens is 1. The molecule has 0 spiro atoms. The maximum Gasteiger partial charge on any atom is 0.409 e. The summed E-state index contributed by atoms with van der Waals surface area (Å²) in [5, 5.41) is 4.73. The molecule has 11 heteroatoms. The number of carbonyl (C=O) groups excluding carboxylic acids is 3. The number of rotatable bonds is 5. The molecule has 29 heavy (non-hydrogen) atoms. The van der Waals surface area contributed by atoms with Crippen LogP contribution in [0.4, 0.5) is 9.93 Å². The molecular formula is C18H21N5O5S. The molecular weight excluding hydrogens is 398 g/mol. The number of nitrogens with zero attached hydrogens (tertiary/aromatic N) is 3. The van der Waals surface area contributed by atoms with Crippen LogP contribution in [-0.4, -0.2) is 70.5 Å². The number of amides is 3. The van der Waals surface area contributed by atoms with Crippen molar-refractivity contribution in [1.82, 2.24) is 19.8 Å². The Labute approximate surface area is 170 Å². The molecule has 1 saturated heterocycles. The Morgan fingerprint density at radius 1 is 1.21 bits per heavy atom. The molecule has 0 bridgehead atoms. The molecule has 10 nitrogen and oxygen atoms in total. The summed E-state index contributed by atoms with van der Waals surface area (Å²) in [5.74, 6) is -0.485. The molecule has 1 fully saturated rings. The van der Waals surface area contributed by atoms with Gasteiger partial charge in [0.1, 0.15) is 0 Å². The van der Waals surface area contributed by atoms with Crippen molar-refractivity contribution in [2.45, 2.75) is 13.3 Å². The molecule has 0 aromatic carbocycles. The molecule has 0 radical (unpaired) electrons. The van der Waals surface area contributed by atoms with Crippen LogP contribution < -0.4 is 10.9 Å². The number of aromatic nitrogens is 2. The number of piperazine rings is 1. The van der Waals surface area contributed by atoms with E-state index in [1.54, 1.807) is 22.1 Å². The van der Waals surface area contributed by atoms with Crippen molar-refractivity contribution in [2.75, 3.05) is 38.1 Å². The predicted molar refractivity (Wildman–Crippen MR) is 106 cm³/mol. The van der Waals surface area contributed by atoms with Crippen molar-refractivity contribution in [3.8, 4) is 0 Å². The smallest absolute Gasteiger partial charge is 0.409 e. The lowest BCUT2D eigenvalue weighted by Crippen LogP contribution is -2.51. The van der Waals surface area contributed by atoms with Gasteiger partial charge in [0.2, 0.25) is 11.5 Å². The number of pyridine rings is 1. The number of aromatic amines is 1. The molecule has 3 heterocycles. The van der Waals surface area contributed by atoms with Gasteiger partial charge < -0.3 is 19.5 Å². The molecule has 3 amide bonds. The topological polar surface area (TPSA) is 125 Å². The molecule has 154 valence electrons. The maximum absolute atomic E-state index is 12.5. The van der Waals surface area contributed by atoms with E-state index in [1.807, 2.05) is 0 Å². The fraction of sp³-hybridized carbons (Fsp3) is 0.389. The molecule has 2 aromatic heterocycles. The number of nitrogens with one attached hydrogen (secondary N) is 2. The molecule has 2 N–H and O–H groups in total. The van der Waals surface area contributed by atoms with E-state index in [4.69, 9.17) is 4.74 Å². The highest BCUT2D eigenvalue weighted by molar-refractivity contribution is 7.14. The van der Waals surface area contributed by atoms with Crippen molar-refractivity contribution in [3.05, 3.63) is 45.3 Å². The van der Waals surface area contributed by atoms with E-state index in [-0.39, 0.29) is 24.0 Å². The second-order valence-electron chi connectivity index (χ2n) is 6.28. The quantitative estimate of drug-likeness (QED) is 0.743. The maximum atomic E-state index is 12.5. The SMILES string of the molecule is CCOC(=O)N1CCN(C(=O)Cc2csc(NC(=O)c3ccc(=O)[nH]c3)n2)CC1. The van der Waals surface area contributed by atoms with Crippen LogP contribution in [0.25, 0.3) is 0 Å². The Morgan fingerprint density at radius 3 is 2.59 bits per heavy atom. The molecule has 1 aliphatic heterocycles. The Kier molecular flexibility index (Phi) is 6.60. The van der Waals surface area contributed by atoms with Gasteiger partial charge >= 0.3 is 6.09 Å². The molecule has 3 rings (SSSR count). The summed E-state index contributed by atoms with van der Waals surface area (Å²) in [6.07, 6.45) is 1.08. The van der Waals surface area contributed by atoms with Gasteiger partial charge in [-0.25, -0.2) is 9.78 Å². The van der Waals surface area contributed by atoms with Gasteiger partial charge in [0, 0.05) is 43.8 Å². The average molecular weight is 419 g/mol. The van der Waals surface area contributed by atoms with Gasteiger partial charge in [0.15, 0.2) is 5.13 Å². The summed E-state index contributed by atoms with van der Waals surface area (Å²) in [6, 6.07) is 2.69. The van der Waals surface area contributed by atoms with Crippen LogP contribution in [0.5, 0.6) is 0 Å². The van der Waals surface area contributed by atoms with Gasteiger partial charge in [-0.05, 0) is 13.0 Å². The van der Waals surface area contributed by atoms with E-state index in [9.17, 15) is 19.2 Å². The van der Waals surface area contributed by atoms with Crippen LogP contribution in [0.1, 0.15) is 23.0 Å². The van der Waals surface area contributed by atoms with Crippen molar-refractivity contribution >= 4 is 34.4 Å². The fourth-order valence-corrected chi connectivity index (χ4v) is 3.49. The predicted octanol–water partition coefficient (Wildman–Crippen LogP) is 0.927. The highest BCUT2D eigenvalue weighted by atomic mass is 32.1. The molecule has 0 unspecified atom stereocenters. The molecule has 0 saturated carbocycles. The standard InChI is InChI=1S/C18H21N5O5S/c1-2-28-18(27)23-7-5-22(6-8-23)15(25)9-13-11-29-17(20-13)21-16(26)12-3-4-14(24)19-10-12/h3-4,10-11H,2,5-9H2,1H3,(H,19,24)(H,20,21,26). The lowest BCUT2D eigenvalue weighted by atomic mass is 10.2. The number of thiazole rings is 1. The first-order chi connectivity index (χ1) is 14.0. The van der Waals surface area contributed by atoms with E-state index in [2.05, 4.69) is 15.3 Å². The molecule has 0 aliphatic carbocycles.